The highest BCUT2D eigenvalue weighted by Crippen LogP contribution is 2.09. The number of carbonyl (C=O) groups excluding carboxylic acids is 4. The SMILES string of the molecule is CCN1CCN(CC(=O)O)CCN(CC(=O)O)CCN(CC(=O)NCCCCC(C)NC(=O)CCCC(=O)NC(CCCCNC(=O)CCCc2ccc(C)cc2)C(=O)O)CC1. The van der Waals surface area contributed by atoms with Gasteiger partial charge in [0.1, 0.15) is 6.04 Å². The molecule has 0 aliphatic carbocycles. The van der Waals surface area contributed by atoms with E-state index in [-0.39, 0.29) is 69.1 Å². The summed E-state index contributed by atoms with van der Waals surface area (Å²) < 4.78 is 0. The Hall–Kier alpha value is -4.65. The van der Waals surface area contributed by atoms with Gasteiger partial charge in [0, 0.05) is 90.8 Å². The number of carboxylic acids is 3. The Kier molecular flexibility index (Phi) is 26.9. The summed E-state index contributed by atoms with van der Waals surface area (Å²) in [4.78, 5) is 92.6. The molecule has 1 aliphatic rings. The number of hydrogen-bond donors (Lipinski definition) is 7. The monoisotopic (exact) mass is 875 g/mol. The van der Waals surface area contributed by atoms with Crippen LogP contribution in [0.3, 0.4) is 0 Å². The highest BCUT2D eigenvalue weighted by atomic mass is 16.4. The standard InChI is InChI=1S/C44H74N8O10/c1-4-49-23-25-50(27-28-52(33-43(59)60)30-29-51(26-24-49)32-42(57)58)31-41(56)46-22-7-5-11-35(3)47-39(54)15-10-16-40(55)48-37(44(61)62)13-6-8-21-45-38(53)14-9-12-36-19-17-34(2)18-20-36/h17-20,35,37H,4-16,21-33H2,1-3H3,(H,45,53)(H,46,56)(H,47,54)(H,48,55)(H,57,58)(H,59,60)(H,61,62). The average Bonchev–Trinajstić information content (AvgIpc) is 3.20. The van der Waals surface area contributed by atoms with Gasteiger partial charge in [0.25, 0.3) is 0 Å². The Morgan fingerprint density at radius 1 is 0.565 bits per heavy atom. The maximum atomic E-state index is 12.9. The van der Waals surface area contributed by atoms with E-state index in [1.54, 1.807) is 4.90 Å². The van der Waals surface area contributed by atoms with Crippen LogP contribution < -0.4 is 21.3 Å². The Labute approximate surface area is 367 Å². The minimum absolute atomic E-state index is 0.0200. The van der Waals surface area contributed by atoms with Crippen LogP contribution in [0.2, 0.25) is 0 Å². The van der Waals surface area contributed by atoms with Crippen LogP contribution in [0, 0.1) is 6.92 Å². The molecule has 7 N–H and O–H groups in total. The van der Waals surface area contributed by atoms with Crippen molar-refractivity contribution in [3.63, 3.8) is 0 Å². The van der Waals surface area contributed by atoms with E-state index in [9.17, 15) is 48.9 Å². The fourth-order valence-electron chi connectivity index (χ4n) is 7.16. The number of amides is 4. The summed E-state index contributed by atoms with van der Waals surface area (Å²) in [6.07, 6.45) is 5.92. The summed E-state index contributed by atoms with van der Waals surface area (Å²) in [6.45, 7) is 11.8. The van der Waals surface area contributed by atoms with Crippen LogP contribution in [-0.4, -0.2) is 180 Å². The third-order valence-corrected chi connectivity index (χ3v) is 10.9. The molecule has 1 heterocycles. The number of likely N-dealkylation sites (N-methyl/N-ethyl adjacent to an activating group) is 1. The topological polar surface area (TPSA) is 241 Å². The van der Waals surface area contributed by atoms with Gasteiger partial charge in [-0.15, -0.1) is 0 Å². The second kappa shape index (κ2) is 31.2. The summed E-state index contributed by atoms with van der Waals surface area (Å²) >= 11 is 0. The van der Waals surface area contributed by atoms with Gasteiger partial charge >= 0.3 is 17.9 Å². The van der Waals surface area contributed by atoms with Crippen LogP contribution in [-0.2, 0) is 40.0 Å². The summed E-state index contributed by atoms with van der Waals surface area (Å²) in [6, 6.07) is 7.09. The lowest BCUT2D eigenvalue weighted by molar-refractivity contribution is -0.142. The fraction of sp³-hybridized carbons (Fsp3) is 0.705. The molecule has 1 aliphatic heterocycles. The Morgan fingerprint density at radius 2 is 1.03 bits per heavy atom. The zero-order valence-corrected chi connectivity index (χ0v) is 37.3. The molecule has 2 atom stereocenters. The zero-order chi connectivity index (χ0) is 45.7. The Balaban J connectivity index is 1.60. The maximum absolute atomic E-state index is 12.9. The van der Waals surface area contributed by atoms with Crippen molar-refractivity contribution >= 4 is 41.5 Å². The first-order chi connectivity index (χ1) is 29.6. The van der Waals surface area contributed by atoms with Crippen molar-refractivity contribution in [1.29, 1.82) is 0 Å². The molecule has 2 rings (SSSR count). The normalized spacial score (nSPS) is 15.9. The molecular weight excluding hydrogens is 801 g/mol. The fourth-order valence-corrected chi connectivity index (χ4v) is 7.16. The van der Waals surface area contributed by atoms with E-state index in [1.165, 1.54) is 11.1 Å². The van der Waals surface area contributed by atoms with Crippen molar-refractivity contribution in [1.82, 2.24) is 40.9 Å². The predicted molar refractivity (Wildman–Crippen MR) is 236 cm³/mol. The van der Waals surface area contributed by atoms with E-state index < -0.39 is 29.9 Å². The largest absolute Gasteiger partial charge is 0.480 e. The van der Waals surface area contributed by atoms with Gasteiger partial charge in [-0.2, -0.15) is 0 Å². The van der Waals surface area contributed by atoms with Crippen molar-refractivity contribution in [2.75, 3.05) is 91.6 Å². The summed E-state index contributed by atoms with van der Waals surface area (Å²) in [5.41, 5.74) is 2.39. The first kappa shape index (κ1) is 53.5. The average molecular weight is 875 g/mol. The number of nitrogens with one attached hydrogen (secondary N) is 4. The molecule has 0 bridgehead atoms. The number of carboxylic acid groups (broad SMARTS) is 3. The molecule has 0 saturated carbocycles. The first-order valence-electron chi connectivity index (χ1n) is 22.4. The molecule has 2 unspecified atom stereocenters. The number of benzene rings is 1. The molecule has 350 valence electrons. The van der Waals surface area contributed by atoms with E-state index in [0.29, 0.717) is 97.6 Å². The lowest BCUT2D eigenvalue weighted by Gasteiger charge is -2.33. The number of aryl methyl sites for hydroxylation is 2. The van der Waals surface area contributed by atoms with Crippen LogP contribution >= 0.6 is 0 Å². The van der Waals surface area contributed by atoms with E-state index in [2.05, 4.69) is 50.4 Å². The van der Waals surface area contributed by atoms with Gasteiger partial charge in [-0.3, -0.25) is 43.5 Å². The van der Waals surface area contributed by atoms with Crippen molar-refractivity contribution in [3.05, 3.63) is 35.4 Å². The van der Waals surface area contributed by atoms with Gasteiger partial charge in [0.15, 0.2) is 0 Å². The van der Waals surface area contributed by atoms with Crippen LogP contribution in [0.25, 0.3) is 0 Å². The minimum Gasteiger partial charge on any atom is -0.480 e. The Morgan fingerprint density at radius 3 is 1.55 bits per heavy atom. The molecule has 1 aromatic rings. The highest BCUT2D eigenvalue weighted by molar-refractivity contribution is 5.84. The Bertz CT molecular complexity index is 1530. The molecule has 18 heteroatoms. The van der Waals surface area contributed by atoms with E-state index >= 15 is 0 Å². The molecule has 62 heavy (non-hydrogen) atoms. The number of unbranched alkanes of at least 4 members (excludes halogenated alkanes) is 2. The number of rotatable bonds is 28. The second-order valence-electron chi connectivity index (χ2n) is 16.4. The number of hydrogen-bond acceptors (Lipinski definition) is 11. The van der Waals surface area contributed by atoms with Gasteiger partial charge in [-0.25, -0.2) is 4.79 Å². The molecule has 1 saturated heterocycles. The third kappa shape index (κ3) is 26.0. The van der Waals surface area contributed by atoms with Crippen molar-refractivity contribution in [2.45, 2.75) is 110 Å². The number of aliphatic carboxylic acids is 3. The van der Waals surface area contributed by atoms with Crippen LogP contribution in [0.1, 0.15) is 95.6 Å². The molecule has 0 aromatic heterocycles. The molecule has 1 fully saturated rings. The minimum atomic E-state index is -1.13. The number of carbonyl (C=O) groups is 7. The predicted octanol–water partition coefficient (Wildman–Crippen LogP) is 1.55. The van der Waals surface area contributed by atoms with E-state index in [1.807, 2.05) is 30.6 Å². The molecule has 0 radical (unpaired) electrons. The molecule has 1 aromatic carbocycles. The second-order valence-corrected chi connectivity index (χ2v) is 16.4. The molecule has 18 nitrogen and oxygen atoms in total. The molecule has 4 amide bonds. The summed E-state index contributed by atoms with van der Waals surface area (Å²) in [5, 5.41) is 39.7. The smallest absolute Gasteiger partial charge is 0.326 e. The number of nitrogens with zero attached hydrogens (tertiary/aromatic N) is 4. The van der Waals surface area contributed by atoms with Crippen molar-refractivity contribution < 1.29 is 48.9 Å². The molecular formula is C44H74N8O10. The third-order valence-electron chi connectivity index (χ3n) is 10.9. The van der Waals surface area contributed by atoms with E-state index in [0.717, 1.165) is 25.8 Å². The quantitative estimate of drug-likeness (QED) is 0.0592. The first-order valence-corrected chi connectivity index (χ1v) is 22.4. The maximum Gasteiger partial charge on any atom is 0.326 e. The van der Waals surface area contributed by atoms with Crippen molar-refractivity contribution in [3.8, 4) is 0 Å². The van der Waals surface area contributed by atoms with Crippen molar-refractivity contribution in [2.24, 2.45) is 0 Å². The van der Waals surface area contributed by atoms with Gasteiger partial charge in [-0.05, 0) is 83.7 Å². The van der Waals surface area contributed by atoms with Gasteiger partial charge in [0.05, 0.1) is 19.6 Å². The lowest BCUT2D eigenvalue weighted by Crippen LogP contribution is -2.49. The summed E-state index contributed by atoms with van der Waals surface area (Å²) in [7, 11) is 0. The lowest BCUT2D eigenvalue weighted by atomic mass is 10.1. The zero-order valence-electron chi connectivity index (χ0n) is 37.3. The highest BCUT2D eigenvalue weighted by Gasteiger charge is 2.21. The summed E-state index contributed by atoms with van der Waals surface area (Å²) in [5.74, 6) is -3.80. The van der Waals surface area contributed by atoms with Crippen LogP contribution in [0.5, 0.6) is 0 Å². The molecule has 0 spiro atoms. The van der Waals surface area contributed by atoms with E-state index in [4.69, 9.17) is 0 Å². The van der Waals surface area contributed by atoms with Gasteiger partial charge in [0.2, 0.25) is 23.6 Å². The van der Waals surface area contributed by atoms with Gasteiger partial charge in [-0.1, -0.05) is 36.8 Å². The van der Waals surface area contributed by atoms with Crippen LogP contribution in [0.15, 0.2) is 24.3 Å². The van der Waals surface area contributed by atoms with Crippen LogP contribution in [0.4, 0.5) is 0 Å². The van der Waals surface area contributed by atoms with Gasteiger partial charge < -0.3 is 41.5 Å².